The Balaban J connectivity index is 2.92. The Morgan fingerprint density at radius 2 is 2.17 bits per heavy atom. The summed E-state index contributed by atoms with van der Waals surface area (Å²) in [6.45, 7) is 0.909. The summed E-state index contributed by atoms with van der Waals surface area (Å²) in [6, 6.07) is 2.38. The van der Waals surface area contributed by atoms with Crippen LogP contribution in [-0.4, -0.2) is 35.4 Å². The Morgan fingerprint density at radius 1 is 1.50 bits per heavy atom. The fourth-order valence-electron chi connectivity index (χ4n) is 1.28. The van der Waals surface area contributed by atoms with Crippen LogP contribution in [0.4, 0.5) is 15.8 Å². The number of nitrogens with one attached hydrogen (secondary N) is 2. The van der Waals surface area contributed by atoms with Gasteiger partial charge in [0.15, 0.2) is 0 Å². The van der Waals surface area contributed by atoms with E-state index in [1.54, 1.807) is 0 Å². The number of aliphatic hydroxyl groups is 2. The molecule has 4 N–H and O–H groups in total. The largest absolute Gasteiger partial charge is 0.394 e. The van der Waals surface area contributed by atoms with Gasteiger partial charge in [-0.05, 0) is 6.07 Å². The summed E-state index contributed by atoms with van der Waals surface area (Å²) in [6.07, 6.45) is -0.978. The van der Waals surface area contributed by atoms with Crippen molar-refractivity contribution in [1.29, 1.82) is 0 Å². The number of halogens is 2. The number of aliphatic hydroxyl groups excluding tert-OH is 2. The molecule has 1 rings (SSSR count). The highest BCUT2D eigenvalue weighted by molar-refractivity contribution is 6.31. The van der Waals surface area contributed by atoms with E-state index in [0.717, 1.165) is 6.07 Å². The zero-order chi connectivity index (χ0) is 13.7. The van der Waals surface area contributed by atoms with Crippen LogP contribution in [0.3, 0.4) is 0 Å². The second-order valence-corrected chi connectivity index (χ2v) is 4.12. The van der Waals surface area contributed by atoms with Crippen LogP contribution in [0.1, 0.15) is 6.92 Å². The highest BCUT2D eigenvalue weighted by atomic mass is 35.5. The molecular weight excluding hydrogens is 263 g/mol. The maximum Gasteiger partial charge on any atom is 0.221 e. The summed E-state index contributed by atoms with van der Waals surface area (Å²) in [7, 11) is 0. The van der Waals surface area contributed by atoms with Crippen molar-refractivity contribution in [1.82, 2.24) is 0 Å². The first kappa shape index (κ1) is 14.7. The van der Waals surface area contributed by atoms with Crippen molar-refractivity contribution in [3.05, 3.63) is 23.0 Å². The zero-order valence-electron chi connectivity index (χ0n) is 9.70. The normalized spacial score (nSPS) is 12.1. The quantitative estimate of drug-likeness (QED) is 0.651. The molecule has 5 nitrogen and oxygen atoms in total. The summed E-state index contributed by atoms with van der Waals surface area (Å²) in [5.41, 5.74) is 0.582. The van der Waals surface area contributed by atoms with Gasteiger partial charge in [-0.3, -0.25) is 4.79 Å². The smallest absolute Gasteiger partial charge is 0.221 e. The minimum Gasteiger partial charge on any atom is -0.394 e. The molecular formula is C11H14ClFN2O3. The maximum absolute atomic E-state index is 13.3. The molecule has 0 saturated carbocycles. The summed E-state index contributed by atoms with van der Waals surface area (Å²) in [4.78, 5) is 11.0. The van der Waals surface area contributed by atoms with Crippen LogP contribution in [0.25, 0.3) is 0 Å². The van der Waals surface area contributed by atoms with Gasteiger partial charge in [0.05, 0.1) is 29.1 Å². The second kappa shape index (κ2) is 6.53. The van der Waals surface area contributed by atoms with Gasteiger partial charge in [0, 0.05) is 19.5 Å². The van der Waals surface area contributed by atoms with Crippen LogP contribution in [0, 0.1) is 5.82 Å². The molecule has 7 heteroatoms. The van der Waals surface area contributed by atoms with Gasteiger partial charge >= 0.3 is 0 Å². The van der Waals surface area contributed by atoms with Crippen molar-refractivity contribution in [2.24, 2.45) is 0 Å². The maximum atomic E-state index is 13.3. The van der Waals surface area contributed by atoms with Crippen molar-refractivity contribution in [3.8, 4) is 0 Å². The molecule has 0 aromatic heterocycles. The number of hydrogen-bond donors (Lipinski definition) is 4. The molecule has 0 spiro atoms. The molecule has 1 unspecified atom stereocenters. The monoisotopic (exact) mass is 276 g/mol. The molecule has 0 heterocycles. The van der Waals surface area contributed by atoms with Crippen LogP contribution >= 0.6 is 11.6 Å². The predicted octanol–water partition coefficient (Wildman–Crippen LogP) is 1.20. The zero-order valence-corrected chi connectivity index (χ0v) is 10.5. The molecule has 0 saturated heterocycles. The number of carbonyl (C=O) groups is 1. The molecule has 18 heavy (non-hydrogen) atoms. The van der Waals surface area contributed by atoms with Gasteiger partial charge < -0.3 is 20.8 Å². The standard InChI is InChI=1S/C11H14ClFN2O3/c1-6(17)15-11-2-8(12)9(13)3-10(11)14-4-7(18)5-16/h2-3,7,14,16,18H,4-5H2,1H3,(H,15,17). The molecule has 1 aromatic rings. The van der Waals surface area contributed by atoms with Crippen molar-refractivity contribution in [3.63, 3.8) is 0 Å². The highest BCUT2D eigenvalue weighted by Gasteiger charge is 2.11. The van der Waals surface area contributed by atoms with Gasteiger partial charge in [0.1, 0.15) is 5.82 Å². The average molecular weight is 277 g/mol. The Hall–Kier alpha value is -1.37. The van der Waals surface area contributed by atoms with E-state index in [1.165, 1.54) is 13.0 Å². The lowest BCUT2D eigenvalue weighted by Crippen LogP contribution is -2.23. The van der Waals surface area contributed by atoms with Crippen LogP contribution < -0.4 is 10.6 Å². The minimum atomic E-state index is -0.978. The average Bonchev–Trinajstić information content (AvgIpc) is 2.30. The topological polar surface area (TPSA) is 81.6 Å². The first-order valence-corrected chi connectivity index (χ1v) is 5.61. The van der Waals surface area contributed by atoms with Crippen molar-refractivity contribution in [2.75, 3.05) is 23.8 Å². The Kier molecular flexibility index (Phi) is 5.33. The summed E-state index contributed by atoms with van der Waals surface area (Å²) in [5, 5.41) is 22.9. The fourth-order valence-corrected chi connectivity index (χ4v) is 1.44. The van der Waals surface area contributed by atoms with Gasteiger partial charge in [0.25, 0.3) is 0 Å². The van der Waals surface area contributed by atoms with Crippen molar-refractivity contribution < 1.29 is 19.4 Å². The van der Waals surface area contributed by atoms with E-state index in [1.807, 2.05) is 0 Å². The first-order chi connectivity index (χ1) is 8.43. The van der Waals surface area contributed by atoms with E-state index in [9.17, 15) is 14.3 Å². The lowest BCUT2D eigenvalue weighted by Gasteiger charge is -2.15. The number of hydrogen-bond acceptors (Lipinski definition) is 4. The third-order valence-corrected chi connectivity index (χ3v) is 2.40. The van der Waals surface area contributed by atoms with Gasteiger partial charge in [-0.25, -0.2) is 4.39 Å². The predicted molar refractivity (Wildman–Crippen MR) is 67.3 cm³/mol. The third-order valence-electron chi connectivity index (χ3n) is 2.11. The number of carbonyl (C=O) groups excluding carboxylic acids is 1. The van der Waals surface area contributed by atoms with Crippen LogP contribution in [0.2, 0.25) is 5.02 Å². The summed E-state index contributed by atoms with van der Waals surface area (Å²) in [5.74, 6) is -0.977. The summed E-state index contributed by atoms with van der Waals surface area (Å²) >= 11 is 5.62. The van der Waals surface area contributed by atoms with E-state index in [4.69, 9.17) is 16.7 Å². The minimum absolute atomic E-state index is 0.0180. The van der Waals surface area contributed by atoms with Crippen LogP contribution in [-0.2, 0) is 4.79 Å². The summed E-state index contributed by atoms with van der Waals surface area (Å²) < 4.78 is 13.3. The molecule has 1 aromatic carbocycles. The molecule has 0 aliphatic heterocycles. The molecule has 0 radical (unpaired) electrons. The molecule has 0 aliphatic rings. The molecule has 100 valence electrons. The second-order valence-electron chi connectivity index (χ2n) is 3.71. The molecule has 1 amide bonds. The Morgan fingerprint density at radius 3 is 2.72 bits per heavy atom. The number of benzene rings is 1. The lowest BCUT2D eigenvalue weighted by atomic mass is 10.2. The van der Waals surface area contributed by atoms with E-state index >= 15 is 0 Å². The van der Waals surface area contributed by atoms with E-state index in [0.29, 0.717) is 5.69 Å². The molecule has 0 bridgehead atoms. The highest BCUT2D eigenvalue weighted by Crippen LogP contribution is 2.28. The van der Waals surface area contributed by atoms with E-state index in [2.05, 4.69) is 10.6 Å². The van der Waals surface area contributed by atoms with E-state index < -0.39 is 18.5 Å². The number of amides is 1. The molecule has 0 aliphatic carbocycles. The van der Waals surface area contributed by atoms with Crippen LogP contribution in [0.5, 0.6) is 0 Å². The van der Waals surface area contributed by atoms with Gasteiger partial charge in [-0.2, -0.15) is 0 Å². The SMILES string of the molecule is CC(=O)Nc1cc(Cl)c(F)cc1NCC(O)CO. The number of anilines is 2. The van der Waals surface area contributed by atoms with Crippen LogP contribution in [0.15, 0.2) is 12.1 Å². The molecule has 0 fully saturated rings. The van der Waals surface area contributed by atoms with Gasteiger partial charge in [0.2, 0.25) is 5.91 Å². The van der Waals surface area contributed by atoms with Crippen molar-refractivity contribution >= 4 is 28.9 Å². The first-order valence-electron chi connectivity index (χ1n) is 5.23. The fraction of sp³-hybridized carbons (Fsp3) is 0.364. The Bertz CT molecular complexity index is 443. The van der Waals surface area contributed by atoms with Gasteiger partial charge in [-0.15, -0.1) is 0 Å². The molecule has 1 atom stereocenters. The van der Waals surface area contributed by atoms with Gasteiger partial charge in [-0.1, -0.05) is 11.6 Å². The Labute approximate surface area is 109 Å². The lowest BCUT2D eigenvalue weighted by molar-refractivity contribution is -0.114. The third kappa shape index (κ3) is 4.14. The van der Waals surface area contributed by atoms with E-state index in [-0.39, 0.29) is 23.2 Å². The van der Waals surface area contributed by atoms with Crippen molar-refractivity contribution in [2.45, 2.75) is 13.0 Å². The number of rotatable bonds is 5.